The zero-order chi connectivity index (χ0) is 15.9. The number of ether oxygens (including phenoxy) is 1. The van der Waals surface area contributed by atoms with Gasteiger partial charge in [0.1, 0.15) is 12.3 Å². The van der Waals surface area contributed by atoms with Crippen molar-refractivity contribution >= 4 is 0 Å². The van der Waals surface area contributed by atoms with Crippen molar-refractivity contribution < 1.29 is 4.74 Å². The molecule has 124 valence electrons. The van der Waals surface area contributed by atoms with E-state index in [-0.39, 0.29) is 6.54 Å². The quantitative estimate of drug-likeness (QED) is 0.301. The summed E-state index contributed by atoms with van der Waals surface area (Å²) in [7, 11) is 0. The Morgan fingerprint density at radius 2 is 1.45 bits per heavy atom. The molecule has 0 aliphatic rings. The summed E-state index contributed by atoms with van der Waals surface area (Å²) in [5.41, 5.74) is 0.879. The van der Waals surface area contributed by atoms with E-state index in [0.29, 0.717) is 0 Å². The van der Waals surface area contributed by atoms with Gasteiger partial charge in [0.25, 0.3) is 0 Å². The molecule has 3 nitrogen and oxygen atoms in total. The molecular weight excluding hydrogens is 274 g/mol. The van der Waals surface area contributed by atoms with Crippen LogP contribution in [0.2, 0.25) is 0 Å². The molecule has 3 heteroatoms. The van der Waals surface area contributed by atoms with Gasteiger partial charge >= 0.3 is 0 Å². The smallest absolute Gasteiger partial charge is 0.124 e. The molecule has 22 heavy (non-hydrogen) atoms. The van der Waals surface area contributed by atoms with Crippen LogP contribution in [0.25, 0.3) is 0 Å². The third-order valence-electron chi connectivity index (χ3n) is 3.96. The normalized spacial score (nSPS) is 10.6. The number of unbranched alkanes of at least 4 members (excludes halogenated alkanes) is 9. The van der Waals surface area contributed by atoms with Crippen molar-refractivity contribution in [3.63, 3.8) is 0 Å². The Labute approximate surface area is 135 Å². The minimum Gasteiger partial charge on any atom is -0.493 e. The van der Waals surface area contributed by atoms with Crippen LogP contribution in [0, 0.1) is 4.91 Å². The summed E-state index contributed by atoms with van der Waals surface area (Å²) in [5, 5.41) is 2.94. The second-order valence-electron chi connectivity index (χ2n) is 5.93. The van der Waals surface area contributed by atoms with Gasteiger partial charge in [-0.25, -0.2) is 0 Å². The highest BCUT2D eigenvalue weighted by Crippen LogP contribution is 2.19. The highest BCUT2D eigenvalue weighted by Gasteiger charge is 2.02. The van der Waals surface area contributed by atoms with Crippen molar-refractivity contribution in [3.05, 3.63) is 34.7 Å². The largest absolute Gasteiger partial charge is 0.493 e. The summed E-state index contributed by atoms with van der Waals surface area (Å²) in [5.74, 6) is 0.804. The molecule has 1 rings (SSSR count). The van der Waals surface area contributed by atoms with E-state index in [4.69, 9.17) is 4.74 Å². The molecule has 0 amide bonds. The fourth-order valence-corrected chi connectivity index (χ4v) is 2.62. The zero-order valence-corrected chi connectivity index (χ0v) is 14.1. The van der Waals surface area contributed by atoms with Gasteiger partial charge in [0.05, 0.1) is 6.61 Å². The molecule has 0 aliphatic heterocycles. The highest BCUT2D eigenvalue weighted by atomic mass is 16.5. The number of hydrogen-bond acceptors (Lipinski definition) is 3. The van der Waals surface area contributed by atoms with Crippen LogP contribution in [0.5, 0.6) is 5.75 Å². The van der Waals surface area contributed by atoms with Crippen LogP contribution in [-0.4, -0.2) is 6.61 Å². The molecule has 0 aliphatic carbocycles. The molecule has 1 aromatic rings. The van der Waals surface area contributed by atoms with Gasteiger partial charge in [-0.15, -0.1) is 0 Å². The maximum atomic E-state index is 10.4. The zero-order valence-electron chi connectivity index (χ0n) is 14.1. The van der Waals surface area contributed by atoms with Gasteiger partial charge in [0, 0.05) is 5.56 Å². The second-order valence-corrected chi connectivity index (χ2v) is 5.93. The molecule has 0 unspecified atom stereocenters. The monoisotopic (exact) mass is 305 g/mol. The second kappa shape index (κ2) is 13.3. The van der Waals surface area contributed by atoms with Crippen LogP contribution in [0.4, 0.5) is 0 Å². The minimum atomic E-state index is 0.189. The number of para-hydroxylation sites is 1. The molecule has 0 spiro atoms. The van der Waals surface area contributed by atoms with E-state index in [1.54, 1.807) is 0 Å². The van der Waals surface area contributed by atoms with E-state index < -0.39 is 0 Å². The van der Waals surface area contributed by atoms with Crippen LogP contribution in [0.3, 0.4) is 0 Å². The first-order chi connectivity index (χ1) is 10.9. The maximum absolute atomic E-state index is 10.4. The average molecular weight is 305 g/mol. The standard InChI is InChI=1S/C19H31NO2/c1-2-3-4-5-6-7-8-9-10-13-16-22-19-15-12-11-14-18(19)17-20-21/h11-12,14-15H,2-10,13,16-17H2,1H3. The SMILES string of the molecule is CCCCCCCCCCCCOc1ccccc1CN=O. The molecule has 0 radical (unpaired) electrons. The molecule has 0 bridgehead atoms. The van der Waals surface area contributed by atoms with E-state index in [1.165, 1.54) is 57.8 Å². The topological polar surface area (TPSA) is 38.7 Å². The van der Waals surface area contributed by atoms with Gasteiger partial charge in [0.2, 0.25) is 0 Å². The number of benzene rings is 1. The fourth-order valence-electron chi connectivity index (χ4n) is 2.62. The molecule has 0 saturated carbocycles. The van der Waals surface area contributed by atoms with E-state index in [1.807, 2.05) is 24.3 Å². The van der Waals surface area contributed by atoms with Crippen molar-refractivity contribution in [2.75, 3.05) is 6.61 Å². The van der Waals surface area contributed by atoms with E-state index >= 15 is 0 Å². The highest BCUT2D eigenvalue weighted by molar-refractivity contribution is 5.33. The third kappa shape index (κ3) is 8.81. The Morgan fingerprint density at radius 1 is 0.864 bits per heavy atom. The van der Waals surface area contributed by atoms with Crippen molar-refractivity contribution in [3.8, 4) is 5.75 Å². The Bertz CT molecular complexity index is 393. The minimum absolute atomic E-state index is 0.189. The van der Waals surface area contributed by atoms with Gasteiger partial charge in [0.15, 0.2) is 0 Å². The van der Waals surface area contributed by atoms with Gasteiger partial charge in [-0.1, -0.05) is 88.1 Å². The first-order valence-electron chi connectivity index (χ1n) is 8.88. The first-order valence-corrected chi connectivity index (χ1v) is 8.88. The summed E-state index contributed by atoms with van der Waals surface area (Å²) >= 11 is 0. The van der Waals surface area contributed by atoms with E-state index in [0.717, 1.165) is 24.3 Å². The van der Waals surface area contributed by atoms with Gasteiger partial charge < -0.3 is 4.74 Å². The molecule has 0 fully saturated rings. The molecular formula is C19H31NO2. The first kappa shape index (κ1) is 18.7. The predicted octanol–water partition coefficient (Wildman–Crippen LogP) is 6.25. The number of hydrogen-bond donors (Lipinski definition) is 0. The Hall–Kier alpha value is -1.38. The number of nitrogens with zero attached hydrogens (tertiary/aromatic N) is 1. The van der Waals surface area contributed by atoms with E-state index in [2.05, 4.69) is 12.1 Å². The molecule has 0 N–H and O–H groups in total. The van der Waals surface area contributed by atoms with Crippen LogP contribution in [0.15, 0.2) is 29.4 Å². The molecule has 0 atom stereocenters. The molecule has 0 saturated heterocycles. The van der Waals surface area contributed by atoms with Crippen molar-refractivity contribution in [1.82, 2.24) is 0 Å². The van der Waals surface area contributed by atoms with E-state index in [9.17, 15) is 4.91 Å². The summed E-state index contributed by atoms with van der Waals surface area (Å²) in [4.78, 5) is 10.4. The Kier molecular flexibility index (Phi) is 11.3. The van der Waals surface area contributed by atoms with Crippen molar-refractivity contribution in [1.29, 1.82) is 0 Å². The maximum Gasteiger partial charge on any atom is 0.124 e. The summed E-state index contributed by atoms with van der Waals surface area (Å²) in [6, 6.07) is 7.65. The van der Waals surface area contributed by atoms with Crippen molar-refractivity contribution in [2.45, 2.75) is 77.7 Å². The number of nitroso groups, excluding NO2 is 1. The summed E-state index contributed by atoms with van der Waals surface area (Å²) in [6.07, 6.45) is 13.2. The number of rotatable bonds is 14. The average Bonchev–Trinajstić information content (AvgIpc) is 2.54. The van der Waals surface area contributed by atoms with Crippen molar-refractivity contribution in [2.24, 2.45) is 5.18 Å². The molecule has 0 aromatic heterocycles. The van der Waals surface area contributed by atoms with Crippen LogP contribution >= 0.6 is 0 Å². The van der Waals surface area contributed by atoms with Crippen LogP contribution in [-0.2, 0) is 6.54 Å². The lowest BCUT2D eigenvalue weighted by Crippen LogP contribution is -2.00. The van der Waals surface area contributed by atoms with Gasteiger partial charge in [-0.3, -0.25) is 0 Å². The summed E-state index contributed by atoms with van der Waals surface area (Å²) in [6.45, 7) is 3.18. The molecule has 1 aromatic carbocycles. The van der Waals surface area contributed by atoms with Crippen LogP contribution < -0.4 is 4.74 Å². The van der Waals surface area contributed by atoms with Gasteiger partial charge in [-0.05, 0) is 12.5 Å². The Morgan fingerprint density at radius 3 is 2.09 bits per heavy atom. The lowest BCUT2D eigenvalue weighted by molar-refractivity contribution is 0.301. The fraction of sp³-hybridized carbons (Fsp3) is 0.684. The predicted molar refractivity (Wildman–Crippen MR) is 93.3 cm³/mol. The van der Waals surface area contributed by atoms with Crippen LogP contribution in [0.1, 0.15) is 76.7 Å². The lowest BCUT2D eigenvalue weighted by Gasteiger charge is -2.09. The lowest BCUT2D eigenvalue weighted by atomic mass is 10.1. The van der Waals surface area contributed by atoms with Gasteiger partial charge in [-0.2, -0.15) is 4.91 Å². The Balaban J connectivity index is 1.98. The summed E-state index contributed by atoms with van der Waals surface area (Å²) < 4.78 is 5.76. The third-order valence-corrected chi connectivity index (χ3v) is 3.96. The molecule has 0 heterocycles.